The zero-order chi connectivity index (χ0) is 11.1. The Morgan fingerprint density at radius 2 is 1.62 bits per heavy atom. The van der Waals surface area contributed by atoms with Gasteiger partial charge in [-0.3, -0.25) is 4.79 Å². The van der Waals surface area contributed by atoms with Crippen LogP contribution in [0.1, 0.15) is 36.1 Å². The summed E-state index contributed by atoms with van der Waals surface area (Å²) in [5.41, 5.74) is 1.15. The van der Waals surface area contributed by atoms with Gasteiger partial charge < -0.3 is 9.15 Å². The van der Waals surface area contributed by atoms with Gasteiger partial charge in [0.05, 0.1) is 5.56 Å². The molecule has 0 bridgehead atoms. The van der Waals surface area contributed by atoms with Gasteiger partial charge in [0.25, 0.3) is 0 Å². The van der Waals surface area contributed by atoms with Crippen LogP contribution in [0.4, 0.5) is 0 Å². The van der Waals surface area contributed by atoms with Gasteiger partial charge >= 0.3 is 11.6 Å². The highest BCUT2D eigenvalue weighted by Gasteiger charge is 2.27. The zero-order valence-electron chi connectivity index (χ0n) is 8.88. The van der Waals surface area contributed by atoms with Crippen molar-refractivity contribution < 1.29 is 13.9 Å². The molecule has 0 radical (unpaired) electrons. The van der Waals surface area contributed by atoms with Crippen LogP contribution >= 0.6 is 0 Å². The number of hydrogen-bond acceptors (Lipinski definition) is 4. The molecule has 0 saturated carbocycles. The molecule has 1 aromatic rings. The molecule has 0 saturated heterocycles. The van der Waals surface area contributed by atoms with Crippen molar-refractivity contribution in [1.82, 2.24) is 0 Å². The molecular weight excluding hydrogens is 208 g/mol. The van der Waals surface area contributed by atoms with E-state index in [0.29, 0.717) is 36.3 Å². The van der Waals surface area contributed by atoms with E-state index in [-0.39, 0.29) is 11.6 Å². The van der Waals surface area contributed by atoms with Crippen molar-refractivity contribution in [1.29, 1.82) is 0 Å². The van der Waals surface area contributed by atoms with Crippen LogP contribution in [0.25, 0.3) is 0 Å². The zero-order valence-corrected chi connectivity index (χ0v) is 8.88. The molecule has 0 atom stereocenters. The average molecular weight is 220 g/mol. The molecule has 16 heavy (non-hydrogen) atoms. The normalized spacial score (nSPS) is 18.6. The number of carbonyl (C=O) groups is 1. The average Bonchev–Trinajstić information content (AvgIpc) is 2.60. The second-order valence-corrected chi connectivity index (χ2v) is 4.28. The molecule has 0 fully saturated rings. The fourth-order valence-electron chi connectivity index (χ4n) is 2.43. The Morgan fingerprint density at radius 3 is 2.50 bits per heavy atom. The summed E-state index contributed by atoms with van der Waals surface area (Å²) in [6.45, 7) is 0. The lowest BCUT2D eigenvalue weighted by Crippen LogP contribution is -2.13. The van der Waals surface area contributed by atoms with Crippen molar-refractivity contribution in [3.8, 4) is 5.75 Å². The fourth-order valence-corrected chi connectivity index (χ4v) is 2.43. The van der Waals surface area contributed by atoms with E-state index in [9.17, 15) is 9.59 Å². The van der Waals surface area contributed by atoms with Crippen LogP contribution in [0, 0.1) is 0 Å². The van der Waals surface area contributed by atoms with Crippen LogP contribution in [0.5, 0.6) is 5.75 Å². The Bertz CT molecular complexity index is 512. The monoisotopic (exact) mass is 220 g/mol. The number of fused-ring (bicyclic) bond motifs is 3. The molecule has 3 rings (SSSR count). The predicted octanol–water partition coefficient (Wildman–Crippen LogP) is 1.37. The van der Waals surface area contributed by atoms with Crippen molar-refractivity contribution in [3.05, 3.63) is 27.3 Å². The number of aryl methyl sites for hydroxylation is 1. The Kier molecular flexibility index (Phi) is 2.09. The van der Waals surface area contributed by atoms with E-state index in [0.717, 1.165) is 24.8 Å². The topological polar surface area (TPSA) is 56.5 Å². The first-order chi connectivity index (χ1) is 7.75. The summed E-state index contributed by atoms with van der Waals surface area (Å²) in [6.07, 6.45) is 4.20. The van der Waals surface area contributed by atoms with Gasteiger partial charge in [0.15, 0.2) is 0 Å². The van der Waals surface area contributed by atoms with Crippen LogP contribution in [0.3, 0.4) is 0 Å². The smallest absolute Gasteiger partial charge is 0.342 e. The molecule has 2 aliphatic rings. The van der Waals surface area contributed by atoms with Gasteiger partial charge in [-0.2, -0.15) is 0 Å². The Balaban J connectivity index is 2.23. The first kappa shape index (κ1) is 9.63. The van der Waals surface area contributed by atoms with Crippen molar-refractivity contribution in [2.24, 2.45) is 0 Å². The van der Waals surface area contributed by atoms with E-state index in [1.165, 1.54) is 0 Å². The highest BCUT2D eigenvalue weighted by Crippen LogP contribution is 2.34. The molecule has 0 amide bonds. The van der Waals surface area contributed by atoms with E-state index in [1.54, 1.807) is 0 Å². The molecule has 0 aromatic carbocycles. The van der Waals surface area contributed by atoms with Crippen LogP contribution < -0.4 is 10.4 Å². The van der Waals surface area contributed by atoms with Gasteiger partial charge in [0.1, 0.15) is 11.5 Å². The molecule has 84 valence electrons. The van der Waals surface area contributed by atoms with Crippen LogP contribution in [0.15, 0.2) is 9.21 Å². The molecule has 0 N–H and O–H groups in total. The molecule has 0 spiro atoms. The molecule has 2 heterocycles. The van der Waals surface area contributed by atoms with Crippen molar-refractivity contribution in [3.63, 3.8) is 0 Å². The van der Waals surface area contributed by atoms with Gasteiger partial charge in [0.2, 0.25) is 0 Å². The third-order valence-electron chi connectivity index (χ3n) is 3.20. The molecule has 4 nitrogen and oxygen atoms in total. The van der Waals surface area contributed by atoms with Gasteiger partial charge in [-0.15, -0.1) is 0 Å². The molecule has 0 unspecified atom stereocenters. The largest absolute Gasteiger partial charge is 0.427 e. The lowest BCUT2D eigenvalue weighted by molar-refractivity contribution is -0.134. The molecule has 1 aliphatic carbocycles. The Morgan fingerprint density at radius 1 is 0.875 bits per heavy atom. The van der Waals surface area contributed by atoms with Crippen molar-refractivity contribution in [2.45, 2.75) is 38.5 Å². The summed E-state index contributed by atoms with van der Waals surface area (Å²) in [6, 6.07) is 0. The number of rotatable bonds is 0. The third kappa shape index (κ3) is 1.37. The lowest BCUT2D eigenvalue weighted by atomic mass is 10.1. The van der Waals surface area contributed by atoms with Gasteiger partial charge in [-0.05, 0) is 25.7 Å². The molecule has 1 aromatic heterocycles. The number of carbonyl (C=O) groups excluding carboxylic acids is 1. The summed E-state index contributed by atoms with van der Waals surface area (Å²) in [5, 5.41) is 0. The molecule has 1 aliphatic heterocycles. The highest BCUT2D eigenvalue weighted by molar-refractivity contribution is 5.74. The van der Waals surface area contributed by atoms with Crippen LogP contribution in [-0.4, -0.2) is 5.97 Å². The van der Waals surface area contributed by atoms with Crippen molar-refractivity contribution >= 4 is 5.97 Å². The van der Waals surface area contributed by atoms with Gasteiger partial charge in [-0.25, -0.2) is 4.79 Å². The first-order valence-electron chi connectivity index (χ1n) is 5.64. The van der Waals surface area contributed by atoms with Crippen LogP contribution in [0.2, 0.25) is 0 Å². The van der Waals surface area contributed by atoms with E-state index < -0.39 is 0 Å². The summed E-state index contributed by atoms with van der Waals surface area (Å²) in [5.74, 6) is 0.975. The number of ether oxygens (including phenoxy) is 1. The summed E-state index contributed by atoms with van der Waals surface area (Å²) in [4.78, 5) is 23.1. The van der Waals surface area contributed by atoms with E-state index in [1.807, 2.05) is 0 Å². The predicted molar refractivity (Wildman–Crippen MR) is 55.6 cm³/mol. The number of esters is 1. The molecule has 4 heteroatoms. The fraction of sp³-hybridized carbons (Fsp3) is 0.500. The van der Waals surface area contributed by atoms with E-state index >= 15 is 0 Å². The minimum atomic E-state index is -0.328. The maximum Gasteiger partial charge on any atom is 0.342 e. The van der Waals surface area contributed by atoms with Crippen molar-refractivity contribution in [2.75, 3.05) is 0 Å². The third-order valence-corrected chi connectivity index (χ3v) is 3.20. The maximum absolute atomic E-state index is 11.7. The summed E-state index contributed by atoms with van der Waals surface area (Å²) >= 11 is 0. The lowest BCUT2D eigenvalue weighted by Gasteiger charge is -2.08. The minimum Gasteiger partial charge on any atom is -0.427 e. The second kappa shape index (κ2) is 3.47. The maximum atomic E-state index is 11.7. The minimum absolute atomic E-state index is 0.238. The van der Waals surface area contributed by atoms with Gasteiger partial charge in [0, 0.05) is 18.4 Å². The quantitative estimate of drug-likeness (QED) is 0.619. The van der Waals surface area contributed by atoms with E-state index in [4.69, 9.17) is 9.15 Å². The SMILES string of the molecule is O=C1CCCc2c(c3c(oc2=O)CCC3)O1. The Labute approximate surface area is 92.2 Å². The summed E-state index contributed by atoms with van der Waals surface area (Å²) in [7, 11) is 0. The highest BCUT2D eigenvalue weighted by atomic mass is 16.5. The van der Waals surface area contributed by atoms with Gasteiger partial charge in [-0.1, -0.05) is 0 Å². The standard InChI is InChI=1S/C12H12O4/c13-10-6-2-4-8-11(16-10)7-3-1-5-9(7)15-12(8)14/h1-6H2. The van der Waals surface area contributed by atoms with E-state index in [2.05, 4.69) is 0 Å². The van der Waals surface area contributed by atoms with Crippen LogP contribution in [-0.2, 0) is 24.1 Å². The summed E-state index contributed by atoms with van der Waals surface area (Å²) < 4.78 is 10.5. The number of hydrogen-bond donors (Lipinski definition) is 0. The first-order valence-corrected chi connectivity index (χ1v) is 5.64. The Hall–Kier alpha value is -1.58. The molecular formula is C12H12O4. The second-order valence-electron chi connectivity index (χ2n) is 4.28.